The summed E-state index contributed by atoms with van der Waals surface area (Å²) in [5, 5.41) is 7.06. The summed E-state index contributed by atoms with van der Waals surface area (Å²) in [6.45, 7) is 1.68. The van der Waals surface area contributed by atoms with Crippen LogP contribution in [0.2, 0.25) is 0 Å². The highest BCUT2D eigenvalue weighted by Crippen LogP contribution is 1.97. The van der Waals surface area contributed by atoms with Gasteiger partial charge in [-0.05, 0) is 6.92 Å². The molecule has 0 atom stereocenters. The highest BCUT2D eigenvalue weighted by Gasteiger charge is 2.15. The van der Waals surface area contributed by atoms with Crippen molar-refractivity contribution in [3.63, 3.8) is 0 Å². The number of ether oxygens (including phenoxy) is 1. The number of nitrogens with zero attached hydrogens (tertiary/aromatic N) is 3. The third-order valence-electron chi connectivity index (χ3n) is 1.46. The van der Waals surface area contributed by atoms with E-state index in [0.717, 1.165) is 0 Å². The molecule has 0 unspecified atom stereocenters. The van der Waals surface area contributed by atoms with Gasteiger partial charge in [-0.1, -0.05) is 0 Å². The molecular formula is C8H9N3O3. The first kappa shape index (κ1) is 10.2. The average molecular weight is 195 g/mol. The molecule has 0 bridgehead atoms. The summed E-state index contributed by atoms with van der Waals surface area (Å²) >= 11 is 0. The van der Waals surface area contributed by atoms with E-state index in [1.54, 1.807) is 6.92 Å². The number of aromatic nitrogens is 3. The molecule has 0 amide bonds. The molecule has 0 fully saturated rings. The van der Waals surface area contributed by atoms with Gasteiger partial charge in [0, 0.05) is 0 Å². The Morgan fingerprint density at radius 3 is 2.79 bits per heavy atom. The minimum Gasteiger partial charge on any atom is -0.469 e. The van der Waals surface area contributed by atoms with E-state index in [1.807, 2.05) is 0 Å². The monoisotopic (exact) mass is 195 g/mol. The molecular weight excluding hydrogens is 186 g/mol. The standard InChI is InChI=1S/C8H9N3O3/c1-5-4-9-11-8(10-5)6(12)3-7(13)14-2/h4H,3H2,1-2H3. The molecule has 0 saturated carbocycles. The Morgan fingerprint density at radius 1 is 1.50 bits per heavy atom. The zero-order chi connectivity index (χ0) is 10.6. The van der Waals surface area contributed by atoms with Crippen LogP contribution in [0.3, 0.4) is 0 Å². The summed E-state index contributed by atoms with van der Waals surface area (Å²) in [6, 6.07) is 0. The lowest BCUT2D eigenvalue weighted by molar-refractivity contribution is -0.139. The van der Waals surface area contributed by atoms with Gasteiger partial charge in [-0.2, -0.15) is 5.10 Å². The van der Waals surface area contributed by atoms with Gasteiger partial charge in [-0.25, -0.2) is 4.98 Å². The lowest BCUT2D eigenvalue weighted by Crippen LogP contribution is -2.13. The van der Waals surface area contributed by atoms with E-state index in [1.165, 1.54) is 13.3 Å². The molecule has 0 N–H and O–H groups in total. The Kier molecular flexibility index (Phi) is 3.22. The first-order valence-corrected chi connectivity index (χ1v) is 3.90. The second-order valence-electron chi connectivity index (χ2n) is 2.60. The fourth-order valence-corrected chi connectivity index (χ4v) is 0.786. The molecule has 0 radical (unpaired) electrons. The van der Waals surface area contributed by atoms with E-state index < -0.39 is 11.8 Å². The first-order chi connectivity index (χ1) is 6.63. The Morgan fingerprint density at radius 2 is 2.21 bits per heavy atom. The van der Waals surface area contributed by atoms with E-state index in [9.17, 15) is 9.59 Å². The minimum absolute atomic E-state index is 0.0598. The maximum Gasteiger partial charge on any atom is 0.313 e. The second-order valence-corrected chi connectivity index (χ2v) is 2.60. The number of aryl methyl sites for hydroxylation is 1. The Hall–Kier alpha value is -1.85. The molecule has 6 heteroatoms. The van der Waals surface area contributed by atoms with Crippen LogP contribution < -0.4 is 0 Å². The fraction of sp³-hybridized carbons (Fsp3) is 0.375. The van der Waals surface area contributed by atoms with Gasteiger partial charge in [0.25, 0.3) is 0 Å². The van der Waals surface area contributed by atoms with Crippen LogP contribution in [0.15, 0.2) is 6.20 Å². The summed E-state index contributed by atoms with van der Waals surface area (Å²) < 4.78 is 4.34. The molecule has 1 aromatic rings. The van der Waals surface area contributed by atoms with Crippen LogP contribution >= 0.6 is 0 Å². The van der Waals surface area contributed by atoms with Crippen molar-refractivity contribution in [2.75, 3.05) is 7.11 Å². The van der Waals surface area contributed by atoms with Gasteiger partial charge in [0.15, 0.2) is 0 Å². The number of ketones is 1. The van der Waals surface area contributed by atoms with E-state index >= 15 is 0 Å². The molecule has 0 spiro atoms. The zero-order valence-electron chi connectivity index (χ0n) is 7.85. The number of hydrogen-bond donors (Lipinski definition) is 0. The van der Waals surface area contributed by atoms with E-state index in [0.29, 0.717) is 5.69 Å². The van der Waals surface area contributed by atoms with E-state index in [4.69, 9.17) is 0 Å². The van der Waals surface area contributed by atoms with Gasteiger partial charge >= 0.3 is 5.97 Å². The van der Waals surface area contributed by atoms with Crippen molar-refractivity contribution < 1.29 is 14.3 Å². The van der Waals surface area contributed by atoms with Crippen LogP contribution in [0, 0.1) is 6.92 Å². The van der Waals surface area contributed by atoms with Crippen molar-refractivity contribution in [2.45, 2.75) is 13.3 Å². The quantitative estimate of drug-likeness (QED) is 0.381. The molecule has 0 aliphatic carbocycles. The predicted octanol–water partition coefficient (Wildman–Crippen LogP) is -0.0742. The van der Waals surface area contributed by atoms with Gasteiger partial charge < -0.3 is 4.74 Å². The molecule has 6 nitrogen and oxygen atoms in total. The normalized spacial score (nSPS) is 9.57. The van der Waals surface area contributed by atoms with Crippen molar-refractivity contribution in [1.29, 1.82) is 0 Å². The van der Waals surface area contributed by atoms with Crippen molar-refractivity contribution in [3.8, 4) is 0 Å². The summed E-state index contributed by atoms with van der Waals surface area (Å²) in [5.41, 5.74) is 0.577. The lowest BCUT2D eigenvalue weighted by atomic mass is 10.3. The topological polar surface area (TPSA) is 82.0 Å². The third kappa shape index (κ3) is 2.58. The number of Topliss-reactive ketones (excluding diaryl/α,β-unsaturated/α-hetero) is 1. The number of hydrogen-bond acceptors (Lipinski definition) is 6. The maximum absolute atomic E-state index is 11.3. The van der Waals surface area contributed by atoms with Crippen LogP contribution in [-0.2, 0) is 9.53 Å². The molecule has 0 aromatic carbocycles. The van der Waals surface area contributed by atoms with Crippen molar-refractivity contribution in [2.24, 2.45) is 0 Å². The molecule has 14 heavy (non-hydrogen) atoms. The number of carbonyl (C=O) groups excluding carboxylic acids is 2. The van der Waals surface area contributed by atoms with Crippen LogP contribution in [-0.4, -0.2) is 34.0 Å². The summed E-state index contributed by atoms with van der Waals surface area (Å²) in [7, 11) is 1.21. The van der Waals surface area contributed by atoms with Crippen LogP contribution in [0.1, 0.15) is 22.7 Å². The number of esters is 1. The zero-order valence-corrected chi connectivity index (χ0v) is 7.85. The maximum atomic E-state index is 11.3. The average Bonchev–Trinajstić information content (AvgIpc) is 2.17. The first-order valence-electron chi connectivity index (χ1n) is 3.90. The highest BCUT2D eigenvalue weighted by atomic mass is 16.5. The molecule has 1 aromatic heterocycles. The molecule has 74 valence electrons. The van der Waals surface area contributed by atoms with Gasteiger partial charge in [0.2, 0.25) is 11.6 Å². The van der Waals surface area contributed by atoms with Gasteiger partial charge in [-0.3, -0.25) is 9.59 Å². The van der Waals surface area contributed by atoms with Crippen LogP contribution in [0.25, 0.3) is 0 Å². The molecule has 0 saturated heterocycles. The number of carbonyl (C=O) groups is 2. The molecule has 0 aliphatic rings. The third-order valence-corrected chi connectivity index (χ3v) is 1.46. The fourth-order valence-electron chi connectivity index (χ4n) is 0.786. The molecule has 1 heterocycles. The lowest BCUT2D eigenvalue weighted by Gasteiger charge is -1.97. The largest absolute Gasteiger partial charge is 0.469 e. The van der Waals surface area contributed by atoms with Crippen molar-refractivity contribution in [1.82, 2.24) is 15.2 Å². The second kappa shape index (κ2) is 4.40. The summed E-state index contributed by atoms with van der Waals surface area (Å²) in [4.78, 5) is 25.9. The van der Waals surface area contributed by atoms with Crippen molar-refractivity contribution >= 4 is 11.8 Å². The van der Waals surface area contributed by atoms with Gasteiger partial charge in [-0.15, -0.1) is 5.10 Å². The highest BCUT2D eigenvalue weighted by molar-refractivity contribution is 6.03. The Bertz CT molecular complexity index is 365. The van der Waals surface area contributed by atoms with Crippen LogP contribution in [0.5, 0.6) is 0 Å². The van der Waals surface area contributed by atoms with E-state index in [-0.39, 0.29) is 12.2 Å². The van der Waals surface area contributed by atoms with E-state index in [2.05, 4.69) is 19.9 Å². The Labute approximate surface area is 80.3 Å². The molecule has 1 rings (SSSR count). The van der Waals surface area contributed by atoms with Crippen molar-refractivity contribution in [3.05, 3.63) is 17.7 Å². The SMILES string of the molecule is COC(=O)CC(=O)c1nncc(C)n1. The predicted molar refractivity (Wildman–Crippen MR) is 45.5 cm³/mol. The number of rotatable bonds is 3. The minimum atomic E-state index is -0.611. The van der Waals surface area contributed by atoms with Gasteiger partial charge in [0.1, 0.15) is 6.42 Å². The summed E-state index contributed by atoms with van der Waals surface area (Å²) in [6.07, 6.45) is 1.07. The van der Waals surface area contributed by atoms with Gasteiger partial charge in [0.05, 0.1) is 19.0 Å². The smallest absolute Gasteiger partial charge is 0.313 e. The summed E-state index contributed by atoms with van der Waals surface area (Å²) in [5.74, 6) is -1.16. The number of methoxy groups -OCH3 is 1. The Balaban J connectivity index is 2.75. The van der Waals surface area contributed by atoms with Crippen LogP contribution in [0.4, 0.5) is 0 Å². The molecule has 0 aliphatic heterocycles.